The number of hydrogen-bond acceptors (Lipinski definition) is 8. The van der Waals surface area contributed by atoms with E-state index in [2.05, 4.69) is 15.8 Å². The van der Waals surface area contributed by atoms with Crippen LogP contribution >= 0.6 is 0 Å². The molecule has 3 aromatic rings. The second-order valence-corrected chi connectivity index (χ2v) is 6.03. The third-order valence-corrected chi connectivity index (χ3v) is 4.08. The fourth-order valence-corrected chi connectivity index (χ4v) is 2.63. The van der Waals surface area contributed by atoms with Crippen LogP contribution in [0.5, 0.6) is 5.75 Å². The minimum absolute atomic E-state index is 0.0878. The summed E-state index contributed by atoms with van der Waals surface area (Å²) < 4.78 is 5.10. The molecule has 10 nitrogen and oxygen atoms in total. The van der Waals surface area contributed by atoms with Gasteiger partial charge in [0.15, 0.2) is 0 Å². The Morgan fingerprint density at radius 2 is 1.63 bits per heavy atom. The quantitative estimate of drug-likeness (QED) is 0.314. The van der Waals surface area contributed by atoms with Gasteiger partial charge in [0.25, 0.3) is 11.4 Å². The number of nitrogens with one attached hydrogen (secondary N) is 2. The molecule has 0 heterocycles. The van der Waals surface area contributed by atoms with Crippen LogP contribution in [0.1, 0.15) is 5.56 Å². The lowest BCUT2D eigenvalue weighted by Crippen LogP contribution is -2.04. The van der Waals surface area contributed by atoms with Gasteiger partial charge in [-0.3, -0.25) is 25.7 Å². The number of rotatable bonds is 8. The molecule has 0 aliphatic heterocycles. The molecule has 30 heavy (non-hydrogen) atoms. The maximum atomic E-state index is 11.6. The first-order valence-electron chi connectivity index (χ1n) is 8.70. The predicted molar refractivity (Wildman–Crippen MR) is 114 cm³/mol. The third kappa shape index (κ3) is 4.87. The fourth-order valence-electron chi connectivity index (χ4n) is 2.63. The molecule has 3 aromatic carbocycles. The monoisotopic (exact) mass is 407 g/mol. The Bertz CT molecular complexity index is 1080. The predicted octanol–water partition coefficient (Wildman–Crippen LogP) is 4.70. The second kappa shape index (κ2) is 9.15. The van der Waals surface area contributed by atoms with Crippen LogP contribution in [0.2, 0.25) is 0 Å². The molecule has 0 fully saturated rings. The van der Waals surface area contributed by atoms with Gasteiger partial charge in [0, 0.05) is 11.8 Å². The van der Waals surface area contributed by atoms with E-state index in [0.29, 0.717) is 17.1 Å². The Labute approximate surface area is 171 Å². The average Bonchev–Trinajstić information content (AvgIpc) is 2.75. The van der Waals surface area contributed by atoms with Crippen LogP contribution in [0.15, 0.2) is 71.8 Å². The molecule has 0 atom stereocenters. The van der Waals surface area contributed by atoms with Crippen molar-refractivity contribution in [1.29, 1.82) is 0 Å². The van der Waals surface area contributed by atoms with Crippen LogP contribution in [-0.2, 0) is 0 Å². The summed E-state index contributed by atoms with van der Waals surface area (Å²) in [7, 11) is 1.53. The van der Waals surface area contributed by atoms with Gasteiger partial charge in [-0.1, -0.05) is 18.2 Å². The van der Waals surface area contributed by atoms with Crippen LogP contribution in [0.4, 0.5) is 28.4 Å². The van der Waals surface area contributed by atoms with Crippen molar-refractivity contribution < 1.29 is 14.6 Å². The summed E-state index contributed by atoms with van der Waals surface area (Å²) in [6.45, 7) is 0. The first-order valence-corrected chi connectivity index (χ1v) is 8.70. The van der Waals surface area contributed by atoms with E-state index in [9.17, 15) is 20.2 Å². The summed E-state index contributed by atoms with van der Waals surface area (Å²) in [6.07, 6.45) is 1.25. The summed E-state index contributed by atoms with van der Waals surface area (Å²) >= 11 is 0. The molecule has 0 aliphatic rings. The summed E-state index contributed by atoms with van der Waals surface area (Å²) in [5, 5.41) is 29.9. The standard InChI is InChI=1S/C20H17N5O5/c1-30-17-9-7-14(8-10-17)22-19-11-16(24(26)27)12-20(25(28)29)18(19)13-21-23-15-5-3-2-4-6-15/h2-13,22-23H,1H3/b21-13+. The zero-order chi connectivity index (χ0) is 21.5. The summed E-state index contributed by atoms with van der Waals surface area (Å²) in [5.41, 5.74) is 3.42. The molecule has 152 valence electrons. The van der Waals surface area contributed by atoms with Crippen molar-refractivity contribution in [3.63, 3.8) is 0 Å². The molecular formula is C20H17N5O5. The molecule has 10 heteroatoms. The molecule has 0 bridgehead atoms. The van der Waals surface area contributed by atoms with Gasteiger partial charge in [0.05, 0.1) is 46.2 Å². The Balaban J connectivity index is 2.02. The molecule has 0 unspecified atom stereocenters. The van der Waals surface area contributed by atoms with Gasteiger partial charge in [-0.15, -0.1) is 0 Å². The maximum Gasteiger partial charge on any atom is 0.287 e. The Kier molecular flexibility index (Phi) is 6.18. The normalized spacial score (nSPS) is 10.6. The van der Waals surface area contributed by atoms with Crippen molar-refractivity contribution >= 4 is 34.7 Å². The largest absolute Gasteiger partial charge is 0.497 e. The first-order chi connectivity index (χ1) is 14.5. The fraction of sp³-hybridized carbons (Fsp3) is 0.0500. The highest BCUT2D eigenvalue weighted by molar-refractivity contribution is 5.95. The Morgan fingerprint density at radius 1 is 0.933 bits per heavy atom. The minimum atomic E-state index is -0.685. The number of hydrogen-bond donors (Lipinski definition) is 2. The van der Waals surface area contributed by atoms with E-state index < -0.39 is 21.2 Å². The molecule has 3 rings (SSSR count). The number of nitro groups is 2. The van der Waals surface area contributed by atoms with Crippen LogP contribution < -0.4 is 15.5 Å². The van der Waals surface area contributed by atoms with Gasteiger partial charge >= 0.3 is 0 Å². The van der Waals surface area contributed by atoms with Gasteiger partial charge in [0.2, 0.25) is 0 Å². The number of hydrazone groups is 1. The number of para-hydroxylation sites is 1. The number of non-ortho nitro benzene ring substituents is 1. The van der Waals surface area contributed by atoms with E-state index in [-0.39, 0.29) is 11.3 Å². The summed E-state index contributed by atoms with van der Waals surface area (Å²) in [6, 6.07) is 17.9. The van der Waals surface area contributed by atoms with Crippen molar-refractivity contribution in [3.05, 3.63) is 92.5 Å². The number of methoxy groups -OCH3 is 1. The summed E-state index contributed by atoms with van der Waals surface area (Å²) in [5.74, 6) is 0.624. The first kappa shape index (κ1) is 20.3. The number of nitro benzene ring substituents is 2. The lowest BCUT2D eigenvalue weighted by atomic mass is 10.1. The van der Waals surface area contributed by atoms with Crippen molar-refractivity contribution in [3.8, 4) is 5.75 Å². The van der Waals surface area contributed by atoms with Gasteiger partial charge in [-0.25, -0.2) is 0 Å². The third-order valence-electron chi connectivity index (χ3n) is 4.08. The highest BCUT2D eigenvalue weighted by atomic mass is 16.6. The summed E-state index contributed by atoms with van der Waals surface area (Å²) in [4.78, 5) is 21.5. The molecule has 0 spiro atoms. The molecule has 0 saturated carbocycles. The van der Waals surface area contributed by atoms with Gasteiger partial charge < -0.3 is 10.1 Å². The molecule has 0 aliphatic carbocycles. The van der Waals surface area contributed by atoms with Crippen molar-refractivity contribution in [2.24, 2.45) is 5.10 Å². The molecule has 0 radical (unpaired) electrons. The maximum absolute atomic E-state index is 11.6. The lowest BCUT2D eigenvalue weighted by Gasteiger charge is -2.11. The zero-order valence-corrected chi connectivity index (χ0v) is 15.8. The van der Waals surface area contributed by atoms with Crippen molar-refractivity contribution in [2.45, 2.75) is 0 Å². The SMILES string of the molecule is COc1ccc(Nc2cc([N+](=O)[O-])cc([N+](=O)[O-])c2/C=N/Nc2ccccc2)cc1. The molecule has 2 N–H and O–H groups in total. The van der Waals surface area contributed by atoms with E-state index in [0.717, 1.165) is 6.07 Å². The number of nitrogens with zero attached hydrogens (tertiary/aromatic N) is 3. The zero-order valence-electron chi connectivity index (χ0n) is 15.8. The van der Waals surface area contributed by atoms with Gasteiger partial charge in [-0.05, 0) is 36.4 Å². The van der Waals surface area contributed by atoms with E-state index in [1.54, 1.807) is 36.4 Å². The van der Waals surface area contributed by atoms with E-state index >= 15 is 0 Å². The Morgan fingerprint density at radius 3 is 2.23 bits per heavy atom. The number of anilines is 3. The van der Waals surface area contributed by atoms with Crippen LogP contribution in [0, 0.1) is 20.2 Å². The molecule has 0 amide bonds. The lowest BCUT2D eigenvalue weighted by molar-refractivity contribution is -0.394. The smallest absolute Gasteiger partial charge is 0.287 e. The van der Waals surface area contributed by atoms with E-state index in [1.807, 2.05) is 18.2 Å². The van der Waals surface area contributed by atoms with Gasteiger partial charge in [0.1, 0.15) is 5.75 Å². The van der Waals surface area contributed by atoms with E-state index in [4.69, 9.17) is 4.74 Å². The van der Waals surface area contributed by atoms with Crippen LogP contribution in [-0.4, -0.2) is 23.2 Å². The minimum Gasteiger partial charge on any atom is -0.497 e. The topological polar surface area (TPSA) is 132 Å². The van der Waals surface area contributed by atoms with Crippen molar-refractivity contribution in [1.82, 2.24) is 0 Å². The van der Waals surface area contributed by atoms with Gasteiger partial charge in [-0.2, -0.15) is 5.10 Å². The molecule has 0 saturated heterocycles. The highest BCUT2D eigenvalue weighted by Crippen LogP contribution is 2.33. The second-order valence-electron chi connectivity index (χ2n) is 6.03. The van der Waals surface area contributed by atoms with Crippen LogP contribution in [0.3, 0.4) is 0 Å². The average molecular weight is 407 g/mol. The van der Waals surface area contributed by atoms with E-state index in [1.165, 1.54) is 19.4 Å². The molecular weight excluding hydrogens is 390 g/mol. The van der Waals surface area contributed by atoms with Crippen molar-refractivity contribution in [2.75, 3.05) is 17.9 Å². The number of benzene rings is 3. The van der Waals surface area contributed by atoms with Crippen LogP contribution in [0.25, 0.3) is 0 Å². The number of ether oxygens (including phenoxy) is 1. The Hall–Kier alpha value is -4.47. The molecule has 0 aromatic heterocycles. The highest BCUT2D eigenvalue weighted by Gasteiger charge is 2.23.